The molecule has 1 unspecified atom stereocenters. The maximum absolute atomic E-state index is 13.6. The minimum Gasteiger partial charge on any atom is -0.427 e. The minimum absolute atomic E-state index is 0.200. The van der Waals surface area contributed by atoms with E-state index in [1.54, 1.807) is 25.3 Å². The molecule has 0 amide bonds. The number of rotatable bonds is 8. The standard InChI is InChI=1S/C14H9F5NO3P.C6H14O/c15-9-10(16)12(18)14(13(19)11(9)17)23-24(20-6-7-21)22-8-4-2-1-3-5-8;1-6(2,3)5-7-4/h1-5,7,20H,6H2;5H2,1-4H3. The van der Waals surface area contributed by atoms with Gasteiger partial charge in [-0.25, -0.2) is 18.3 Å². The molecule has 2 aromatic rings. The lowest BCUT2D eigenvalue weighted by Crippen LogP contribution is -2.18. The molecular weight excluding hydrogens is 444 g/mol. The van der Waals surface area contributed by atoms with E-state index < -0.39 is 43.4 Å². The number of carbonyl (C=O) groups excluding carboxylic acids is 1. The zero-order valence-corrected chi connectivity index (χ0v) is 18.2. The van der Waals surface area contributed by atoms with Gasteiger partial charge in [-0.3, -0.25) is 0 Å². The van der Waals surface area contributed by atoms with Gasteiger partial charge in [0.1, 0.15) is 12.0 Å². The maximum atomic E-state index is 13.6. The van der Waals surface area contributed by atoms with E-state index in [4.69, 9.17) is 13.8 Å². The smallest absolute Gasteiger partial charge is 0.382 e. The van der Waals surface area contributed by atoms with Crippen LogP contribution in [0.15, 0.2) is 30.3 Å². The summed E-state index contributed by atoms with van der Waals surface area (Å²) in [4.78, 5) is 10.4. The first-order chi connectivity index (χ1) is 14.5. The van der Waals surface area contributed by atoms with Crippen LogP contribution in [0.4, 0.5) is 22.0 Å². The van der Waals surface area contributed by atoms with Crippen LogP contribution in [0.5, 0.6) is 11.5 Å². The van der Waals surface area contributed by atoms with Crippen molar-refractivity contribution in [2.24, 2.45) is 5.41 Å². The Labute approximate surface area is 178 Å². The topological polar surface area (TPSA) is 56.8 Å². The van der Waals surface area contributed by atoms with Crippen molar-refractivity contribution in [3.8, 4) is 11.5 Å². The summed E-state index contributed by atoms with van der Waals surface area (Å²) in [6.45, 7) is 6.96. The number of hydrogen-bond acceptors (Lipinski definition) is 5. The molecule has 172 valence electrons. The molecule has 31 heavy (non-hydrogen) atoms. The lowest BCUT2D eigenvalue weighted by atomic mass is 9.99. The summed E-state index contributed by atoms with van der Waals surface area (Å²) >= 11 is 0. The summed E-state index contributed by atoms with van der Waals surface area (Å²) in [6.07, 6.45) is 0.408. The fraction of sp³-hybridized carbons (Fsp3) is 0.350. The Morgan fingerprint density at radius 2 is 1.42 bits per heavy atom. The molecule has 11 heteroatoms. The van der Waals surface area contributed by atoms with E-state index in [9.17, 15) is 26.7 Å². The molecule has 0 saturated carbocycles. The zero-order chi connectivity index (χ0) is 23.6. The normalized spacial score (nSPS) is 11.9. The van der Waals surface area contributed by atoms with Crippen molar-refractivity contribution < 1.29 is 40.5 Å². The van der Waals surface area contributed by atoms with Crippen molar-refractivity contribution >= 4 is 14.8 Å². The van der Waals surface area contributed by atoms with Gasteiger partial charge in [-0.2, -0.15) is 8.78 Å². The third-order valence-corrected chi connectivity index (χ3v) is 4.32. The number of hydrogen-bond donors (Lipinski definition) is 1. The Balaban J connectivity index is 0.000000592. The van der Waals surface area contributed by atoms with Crippen molar-refractivity contribution in [3.05, 3.63) is 59.4 Å². The van der Waals surface area contributed by atoms with E-state index in [-0.39, 0.29) is 12.3 Å². The third kappa shape index (κ3) is 8.77. The molecule has 2 rings (SSSR count). The Hall–Kier alpha value is -2.29. The Bertz CT molecular complexity index is 821. The SMILES string of the molecule is COCC(C)(C)C.O=CCNP(Oc1ccccc1)Oc1c(F)c(F)c(F)c(F)c1F. The molecular formula is C20H23F5NO4P. The van der Waals surface area contributed by atoms with Crippen molar-refractivity contribution in [2.45, 2.75) is 20.8 Å². The molecule has 1 atom stereocenters. The highest BCUT2D eigenvalue weighted by Gasteiger charge is 2.30. The molecule has 2 aromatic carbocycles. The van der Waals surface area contributed by atoms with Gasteiger partial charge >= 0.3 is 8.53 Å². The van der Waals surface area contributed by atoms with Gasteiger partial charge in [0.15, 0.2) is 0 Å². The van der Waals surface area contributed by atoms with Crippen LogP contribution in [0.2, 0.25) is 0 Å². The van der Waals surface area contributed by atoms with Gasteiger partial charge in [-0.1, -0.05) is 39.0 Å². The summed E-state index contributed by atoms with van der Waals surface area (Å²) < 4.78 is 81.6. The molecule has 0 aliphatic rings. The summed E-state index contributed by atoms with van der Waals surface area (Å²) in [7, 11) is -0.676. The van der Waals surface area contributed by atoms with Crippen LogP contribution in [-0.2, 0) is 9.53 Å². The Morgan fingerprint density at radius 3 is 1.84 bits per heavy atom. The molecule has 0 spiro atoms. The summed E-state index contributed by atoms with van der Waals surface area (Å²) in [5.41, 5.74) is 0.328. The first-order valence-corrected chi connectivity index (χ1v) is 10.1. The Kier molecular flexibility index (Phi) is 10.8. The first-order valence-electron chi connectivity index (χ1n) is 8.90. The third-order valence-electron chi connectivity index (χ3n) is 3.16. The lowest BCUT2D eigenvalue weighted by molar-refractivity contribution is -0.106. The fourth-order valence-electron chi connectivity index (χ4n) is 1.95. The number of aldehydes is 1. The highest BCUT2D eigenvalue weighted by atomic mass is 31.2. The molecule has 0 radical (unpaired) electrons. The second-order valence-corrected chi connectivity index (χ2v) is 8.37. The van der Waals surface area contributed by atoms with Gasteiger partial charge < -0.3 is 18.6 Å². The molecule has 0 fully saturated rings. The van der Waals surface area contributed by atoms with Crippen LogP contribution in [0, 0.1) is 34.5 Å². The van der Waals surface area contributed by atoms with E-state index >= 15 is 0 Å². The lowest BCUT2D eigenvalue weighted by Gasteiger charge is -2.19. The van der Waals surface area contributed by atoms with Gasteiger partial charge in [-0.15, -0.1) is 0 Å². The van der Waals surface area contributed by atoms with Crippen LogP contribution < -0.4 is 14.1 Å². The minimum atomic E-state index is -2.40. The molecule has 1 N–H and O–H groups in total. The van der Waals surface area contributed by atoms with E-state index in [0.717, 1.165) is 6.61 Å². The largest absolute Gasteiger partial charge is 0.427 e. The molecule has 0 heterocycles. The predicted molar refractivity (Wildman–Crippen MR) is 106 cm³/mol. The fourth-order valence-corrected chi connectivity index (χ4v) is 2.98. The summed E-state index contributed by atoms with van der Waals surface area (Å²) in [6, 6.07) is 7.78. The van der Waals surface area contributed by atoms with E-state index in [2.05, 4.69) is 25.9 Å². The van der Waals surface area contributed by atoms with Crippen LogP contribution in [0.3, 0.4) is 0 Å². The highest BCUT2D eigenvalue weighted by Crippen LogP contribution is 2.40. The van der Waals surface area contributed by atoms with Crippen LogP contribution in [0.25, 0.3) is 0 Å². The number of carbonyl (C=O) groups is 1. The molecule has 0 aromatic heterocycles. The average Bonchev–Trinajstić information content (AvgIpc) is 2.72. The number of methoxy groups -OCH3 is 1. The van der Waals surface area contributed by atoms with Crippen molar-refractivity contribution in [1.82, 2.24) is 5.09 Å². The van der Waals surface area contributed by atoms with Gasteiger partial charge in [0, 0.05) is 7.11 Å². The molecule has 0 aliphatic carbocycles. The van der Waals surface area contributed by atoms with Crippen molar-refractivity contribution in [2.75, 3.05) is 20.3 Å². The van der Waals surface area contributed by atoms with Gasteiger partial charge in [0.25, 0.3) is 0 Å². The molecule has 0 bridgehead atoms. The summed E-state index contributed by atoms with van der Waals surface area (Å²) in [5.74, 6) is -12.2. The zero-order valence-electron chi connectivity index (χ0n) is 17.3. The van der Waals surface area contributed by atoms with Gasteiger partial charge in [0.2, 0.25) is 34.8 Å². The van der Waals surface area contributed by atoms with Gasteiger partial charge in [-0.05, 0) is 17.5 Å². The van der Waals surface area contributed by atoms with Crippen LogP contribution in [0.1, 0.15) is 20.8 Å². The van der Waals surface area contributed by atoms with Gasteiger partial charge in [0.05, 0.1) is 13.2 Å². The predicted octanol–water partition coefficient (Wildman–Crippen LogP) is 5.53. The average molecular weight is 467 g/mol. The molecule has 5 nitrogen and oxygen atoms in total. The molecule has 0 aliphatic heterocycles. The van der Waals surface area contributed by atoms with E-state index in [1.807, 2.05) is 0 Å². The number of para-hydroxylation sites is 1. The quantitative estimate of drug-likeness (QED) is 0.182. The van der Waals surface area contributed by atoms with E-state index in [0.29, 0.717) is 11.7 Å². The van der Waals surface area contributed by atoms with Crippen molar-refractivity contribution in [3.63, 3.8) is 0 Å². The number of nitrogens with one attached hydrogen (secondary N) is 1. The second kappa shape index (κ2) is 12.5. The van der Waals surface area contributed by atoms with Crippen molar-refractivity contribution in [1.29, 1.82) is 0 Å². The van der Waals surface area contributed by atoms with E-state index in [1.165, 1.54) is 12.1 Å². The molecule has 0 saturated heterocycles. The van der Waals surface area contributed by atoms with Crippen LogP contribution in [-0.4, -0.2) is 26.5 Å². The highest BCUT2D eigenvalue weighted by molar-refractivity contribution is 7.45. The number of benzene rings is 2. The monoisotopic (exact) mass is 467 g/mol. The van der Waals surface area contributed by atoms with Crippen LogP contribution >= 0.6 is 8.53 Å². The Morgan fingerprint density at radius 1 is 0.903 bits per heavy atom. The second-order valence-electron chi connectivity index (χ2n) is 7.17. The maximum Gasteiger partial charge on any atom is 0.382 e. The first kappa shape index (κ1) is 26.7. The number of halogens is 5. The summed E-state index contributed by atoms with van der Waals surface area (Å²) in [5, 5.41) is 2.35. The number of ether oxygens (including phenoxy) is 1.